The maximum absolute atomic E-state index is 12.2. The van der Waals surface area contributed by atoms with Gasteiger partial charge >= 0.3 is 0 Å². The van der Waals surface area contributed by atoms with Gasteiger partial charge in [-0.25, -0.2) is 0 Å². The Labute approximate surface area is 135 Å². The molecule has 4 nitrogen and oxygen atoms in total. The molecule has 0 aromatic heterocycles. The first-order valence-electron chi connectivity index (χ1n) is 7.19. The molecule has 5 heteroatoms. The average molecular weight is 319 g/mol. The van der Waals surface area contributed by atoms with Crippen LogP contribution in [-0.4, -0.2) is 12.5 Å². The number of amides is 1. The summed E-state index contributed by atoms with van der Waals surface area (Å²) in [5, 5.41) is 3.29. The second-order valence-electron chi connectivity index (χ2n) is 4.91. The summed E-state index contributed by atoms with van der Waals surface area (Å²) in [6, 6.07) is 12.0. The number of halogens is 1. The number of carbonyl (C=O) groups excluding carboxylic acids is 1. The Morgan fingerprint density at radius 1 is 1.23 bits per heavy atom. The summed E-state index contributed by atoms with van der Waals surface area (Å²) in [6.07, 6.45) is 2.10. The van der Waals surface area contributed by atoms with Crippen LogP contribution in [0.4, 0.5) is 11.4 Å². The van der Waals surface area contributed by atoms with Gasteiger partial charge in [0.1, 0.15) is 5.75 Å². The first kappa shape index (κ1) is 16.2. The van der Waals surface area contributed by atoms with Gasteiger partial charge in [0.2, 0.25) is 0 Å². The predicted octanol–water partition coefficient (Wildman–Crippen LogP) is 4.35. The van der Waals surface area contributed by atoms with Crippen LogP contribution in [0, 0.1) is 0 Å². The van der Waals surface area contributed by atoms with E-state index in [4.69, 9.17) is 22.1 Å². The van der Waals surface area contributed by atoms with Crippen molar-refractivity contribution >= 4 is 28.9 Å². The lowest BCUT2D eigenvalue weighted by Crippen LogP contribution is -2.13. The van der Waals surface area contributed by atoms with E-state index in [2.05, 4.69) is 12.2 Å². The Balaban J connectivity index is 2.00. The molecule has 0 radical (unpaired) electrons. The number of unbranched alkanes of at least 4 members (excludes halogenated alkanes) is 1. The van der Waals surface area contributed by atoms with Crippen LogP contribution < -0.4 is 15.8 Å². The van der Waals surface area contributed by atoms with E-state index in [1.165, 1.54) is 0 Å². The summed E-state index contributed by atoms with van der Waals surface area (Å²) in [7, 11) is 0. The Hall–Kier alpha value is -2.20. The third-order valence-corrected chi connectivity index (χ3v) is 3.38. The quantitative estimate of drug-likeness (QED) is 0.614. The van der Waals surface area contributed by atoms with Crippen LogP contribution in [-0.2, 0) is 0 Å². The van der Waals surface area contributed by atoms with E-state index < -0.39 is 0 Å². The van der Waals surface area contributed by atoms with E-state index in [1.54, 1.807) is 42.5 Å². The van der Waals surface area contributed by atoms with E-state index in [0.717, 1.165) is 18.6 Å². The van der Waals surface area contributed by atoms with Crippen LogP contribution in [0.2, 0.25) is 5.02 Å². The maximum atomic E-state index is 12.2. The summed E-state index contributed by atoms with van der Waals surface area (Å²) >= 11 is 5.83. The monoisotopic (exact) mass is 318 g/mol. The van der Waals surface area contributed by atoms with Crippen molar-refractivity contribution in [1.29, 1.82) is 0 Å². The van der Waals surface area contributed by atoms with Crippen molar-refractivity contribution in [2.75, 3.05) is 17.7 Å². The standard InChI is InChI=1S/C17H19ClN2O2/c1-2-3-10-22-14-7-4-12(5-8-14)17(21)20-16-9-6-13(18)11-15(16)19/h4-9,11H,2-3,10,19H2,1H3,(H,20,21). The van der Waals surface area contributed by atoms with Crippen molar-refractivity contribution in [3.8, 4) is 5.75 Å². The van der Waals surface area contributed by atoms with Gasteiger partial charge in [-0.2, -0.15) is 0 Å². The molecule has 0 fully saturated rings. The number of carbonyl (C=O) groups is 1. The van der Waals surface area contributed by atoms with Crippen molar-refractivity contribution < 1.29 is 9.53 Å². The first-order valence-corrected chi connectivity index (χ1v) is 7.57. The molecule has 2 aromatic rings. The van der Waals surface area contributed by atoms with E-state index in [0.29, 0.717) is 28.6 Å². The molecule has 22 heavy (non-hydrogen) atoms. The highest BCUT2D eigenvalue weighted by atomic mass is 35.5. The van der Waals surface area contributed by atoms with Crippen LogP contribution in [0.5, 0.6) is 5.75 Å². The summed E-state index contributed by atoms with van der Waals surface area (Å²) in [5.41, 5.74) is 7.33. The normalized spacial score (nSPS) is 10.3. The van der Waals surface area contributed by atoms with E-state index in [1.807, 2.05) is 0 Å². The molecular formula is C17H19ClN2O2. The molecule has 0 atom stereocenters. The molecule has 1 amide bonds. The molecule has 2 rings (SSSR count). The lowest BCUT2D eigenvalue weighted by atomic mass is 10.2. The minimum atomic E-state index is -0.228. The molecule has 0 unspecified atom stereocenters. The van der Waals surface area contributed by atoms with Crippen LogP contribution in [0.1, 0.15) is 30.1 Å². The lowest BCUT2D eigenvalue weighted by Gasteiger charge is -2.09. The summed E-state index contributed by atoms with van der Waals surface area (Å²) in [6.45, 7) is 2.79. The highest BCUT2D eigenvalue weighted by Gasteiger charge is 2.08. The molecule has 0 saturated heterocycles. The van der Waals surface area contributed by atoms with Crippen LogP contribution in [0.3, 0.4) is 0 Å². The molecule has 116 valence electrons. The summed E-state index contributed by atoms with van der Waals surface area (Å²) < 4.78 is 5.57. The number of anilines is 2. The molecule has 0 aliphatic rings. The fourth-order valence-corrected chi connectivity index (χ4v) is 2.06. The van der Waals surface area contributed by atoms with Crippen LogP contribution in [0.25, 0.3) is 0 Å². The van der Waals surface area contributed by atoms with Crippen LogP contribution in [0.15, 0.2) is 42.5 Å². The zero-order valence-electron chi connectivity index (χ0n) is 12.4. The van der Waals surface area contributed by atoms with Gasteiger partial charge in [0.15, 0.2) is 0 Å². The average Bonchev–Trinajstić information content (AvgIpc) is 2.51. The van der Waals surface area contributed by atoms with Gasteiger partial charge in [0, 0.05) is 10.6 Å². The van der Waals surface area contributed by atoms with E-state index in [9.17, 15) is 4.79 Å². The topological polar surface area (TPSA) is 64.3 Å². The SMILES string of the molecule is CCCCOc1ccc(C(=O)Nc2ccc(Cl)cc2N)cc1. The smallest absolute Gasteiger partial charge is 0.255 e. The molecular weight excluding hydrogens is 300 g/mol. The fraction of sp³-hybridized carbons (Fsp3) is 0.235. The van der Waals surface area contributed by atoms with Crippen molar-refractivity contribution in [2.24, 2.45) is 0 Å². The second kappa shape index (κ2) is 7.71. The summed E-state index contributed by atoms with van der Waals surface area (Å²) in [4.78, 5) is 12.2. The number of hydrogen-bond acceptors (Lipinski definition) is 3. The third-order valence-electron chi connectivity index (χ3n) is 3.14. The van der Waals surface area contributed by atoms with Crippen molar-refractivity contribution in [2.45, 2.75) is 19.8 Å². The van der Waals surface area contributed by atoms with Gasteiger partial charge in [-0.1, -0.05) is 24.9 Å². The van der Waals surface area contributed by atoms with Crippen molar-refractivity contribution in [3.05, 3.63) is 53.1 Å². The molecule has 2 aromatic carbocycles. The molecule has 0 saturated carbocycles. The Kier molecular flexibility index (Phi) is 5.67. The number of rotatable bonds is 6. The predicted molar refractivity (Wildman–Crippen MR) is 90.7 cm³/mol. The third kappa shape index (κ3) is 4.40. The van der Waals surface area contributed by atoms with Gasteiger partial charge in [-0.15, -0.1) is 0 Å². The number of hydrogen-bond donors (Lipinski definition) is 2. The Morgan fingerprint density at radius 3 is 2.59 bits per heavy atom. The minimum absolute atomic E-state index is 0.228. The molecule has 0 aliphatic heterocycles. The van der Waals surface area contributed by atoms with Gasteiger partial charge < -0.3 is 15.8 Å². The number of ether oxygens (including phenoxy) is 1. The van der Waals surface area contributed by atoms with Crippen molar-refractivity contribution in [1.82, 2.24) is 0 Å². The Bertz CT molecular complexity index is 642. The van der Waals surface area contributed by atoms with Crippen molar-refractivity contribution in [3.63, 3.8) is 0 Å². The largest absolute Gasteiger partial charge is 0.494 e. The zero-order chi connectivity index (χ0) is 15.9. The molecule has 0 spiro atoms. The molecule has 0 aliphatic carbocycles. The van der Waals surface area contributed by atoms with E-state index in [-0.39, 0.29) is 5.91 Å². The number of benzene rings is 2. The second-order valence-corrected chi connectivity index (χ2v) is 5.35. The van der Waals surface area contributed by atoms with E-state index >= 15 is 0 Å². The maximum Gasteiger partial charge on any atom is 0.255 e. The van der Waals surface area contributed by atoms with Gasteiger partial charge in [-0.3, -0.25) is 4.79 Å². The van der Waals surface area contributed by atoms with Crippen LogP contribution >= 0.6 is 11.6 Å². The zero-order valence-corrected chi connectivity index (χ0v) is 13.2. The number of nitrogens with one attached hydrogen (secondary N) is 1. The van der Waals surface area contributed by atoms with Gasteiger partial charge in [0.25, 0.3) is 5.91 Å². The Morgan fingerprint density at radius 2 is 1.95 bits per heavy atom. The van der Waals surface area contributed by atoms with Gasteiger partial charge in [0.05, 0.1) is 18.0 Å². The molecule has 0 heterocycles. The highest BCUT2D eigenvalue weighted by molar-refractivity contribution is 6.31. The van der Waals surface area contributed by atoms with Gasteiger partial charge in [-0.05, 0) is 48.9 Å². The molecule has 3 N–H and O–H groups in total. The molecule has 0 bridgehead atoms. The first-order chi connectivity index (χ1) is 10.6. The minimum Gasteiger partial charge on any atom is -0.494 e. The fourth-order valence-electron chi connectivity index (χ4n) is 1.88. The number of nitrogens with two attached hydrogens (primary N) is 1. The number of nitrogen functional groups attached to an aromatic ring is 1. The lowest BCUT2D eigenvalue weighted by molar-refractivity contribution is 0.102. The summed E-state index contributed by atoms with van der Waals surface area (Å²) in [5.74, 6) is 0.533. The highest BCUT2D eigenvalue weighted by Crippen LogP contribution is 2.23.